The van der Waals surface area contributed by atoms with Gasteiger partial charge in [0.2, 0.25) is 0 Å². The van der Waals surface area contributed by atoms with Crippen LogP contribution in [-0.4, -0.2) is 13.9 Å². The Bertz CT molecular complexity index is 219. The molecule has 0 saturated carbocycles. The molecule has 0 aliphatic rings. The molecule has 18 heavy (non-hydrogen) atoms. The van der Waals surface area contributed by atoms with Gasteiger partial charge in [-0.25, -0.2) is 0 Å². The molecule has 0 aromatic heterocycles. The normalized spacial score (nSPS) is 13.4. The Labute approximate surface area is 116 Å². The zero-order valence-corrected chi connectivity index (χ0v) is 14.5. The van der Waals surface area contributed by atoms with Gasteiger partial charge in [-0.3, -0.25) is 0 Å². The minimum atomic E-state index is -1.48. The molecule has 0 amide bonds. The highest BCUT2D eigenvalue weighted by atomic mass is 28.4. The van der Waals surface area contributed by atoms with Crippen molar-refractivity contribution in [3.63, 3.8) is 0 Å². The van der Waals surface area contributed by atoms with Crippen molar-refractivity contribution in [3.05, 3.63) is 12.2 Å². The first-order valence-electron chi connectivity index (χ1n) is 7.88. The molecule has 0 N–H and O–H groups in total. The Morgan fingerprint density at radius 1 is 0.944 bits per heavy atom. The Hall–Kier alpha value is -0.0831. The lowest BCUT2D eigenvalue weighted by Gasteiger charge is -2.42. The number of allylic oxidation sites excluding steroid dienone is 2. The molecule has 0 saturated heterocycles. The average molecular weight is 271 g/mol. The molecular formula is C16H34OSi. The van der Waals surface area contributed by atoms with Crippen molar-refractivity contribution in [2.24, 2.45) is 0 Å². The Morgan fingerprint density at radius 3 is 1.78 bits per heavy atom. The summed E-state index contributed by atoms with van der Waals surface area (Å²) in [6, 6.07) is 3.77. The maximum atomic E-state index is 6.82. The largest absolute Gasteiger partial charge is 0.411 e. The molecule has 0 aromatic rings. The van der Waals surface area contributed by atoms with Gasteiger partial charge in [-0.05, 0) is 50.7 Å². The zero-order chi connectivity index (χ0) is 14.1. The lowest BCUT2D eigenvalue weighted by Crippen LogP contribution is -2.46. The van der Waals surface area contributed by atoms with Crippen molar-refractivity contribution in [1.82, 2.24) is 0 Å². The van der Waals surface area contributed by atoms with Gasteiger partial charge in [-0.2, -0.15) is 0 Å². The standard InChI is InChI=1S/C16H34OSi/c1-7-13-14-15-16(8-2,9-3)17-18(10-4,11-5)12-6/h7,13H,8-12,14-15H2,1-6H3/b13-7+. The van der Waals surface area contributed by atoms with Gasteiger partial charge >= 0.3 is 0 Å². The minimum Gasteiger partial charge on any atom is -0.411 e. The van der Waals surface area contributed by atoms with Gasteiger partial charge in [0.15, 0.2) is 8.32 Å². The molecule has 2 heteroatoms. The molecule has 0 unspecified atom stereocenters. The summed E-state index contributed by atoms with van der Waals surface area (Å²) in [5.41, 5.74) is 0.133. The smallest absolute Gasteiger partial charge is 0.192 e. The van der Waals surface area contributed by atoms with E-state index in [9.17, 15) is 0 Å². The van der Waals surface area contributed by atoms with E-state index in [0.29, 0.717) is 0 Å². The first kappa shape index (κ1) is 17.9. The van der Waals surface area contributed by atoms with Crippen LogP contribution < -0.4 is 0 Å². The number of hydrogen-bond acceptors (Lipinski definition) is 1. The third-order valence-corrected chi connectivity index (χ3v) is 9.39. The predicted octanol–water partition coefficient (Wildman–Crippen LogP) is 5.92. The van der Waals surface area contributed by atoms with E-state index >= 15 is 0 Å². The lowest BCUT2D eigenvalue weighted by molar-refractivity contribution is 0.0397. The van der Waals surface area contributed by atoms with Gasteiger partial charge in [-0.1, -0.05) is 46.8 Å². The van der Waals surface area contributed by atoms with Crippen LogP contribution in [0.3, 0.4) is 0 Å². The highest BCUT2D eigenvalue weighted by molar-refractivity contribution is 6.73. The van der Waals surface area contributed by atoms with Crippen molar-refractivity contribution in [2.45, 2.75) is 91.0 Å². The van der Waals surface area contributed by atoms with Crippen molar-refractivity contribution in [1.29, 1.82) is 0 Å². The van der Waals surface area contributed by atoms with Gasteiger partial charge < -0.3 is 4.43 Å². The summed E-state index contributed by atoms with van der Waals surface area (Å²) < 4.78 is 6.82. The second-order valence-corrected chi connectivity index (χ2v) is 10.0. The van der Waals surface area contributed by atoms with Crippen molar-refractivity contribution >= 4 is 8.32 Å². The van der Waals surface area contributed by atoms with E-state index in [-0.39, 0.29) is 5.60 Å². The number of rotatable bonds is 10. The summed E-state index contributed by atoms with van der Waals surface area (Å²) in [4.78, 5) is 0. The average Bonchev–Trinajstić information content (AvgIpc) is 2.44. The first-order chi connectivity index (χ1) is 8.57. The highest BCUT2D eigenvalue weighted by Crippen LogP contribution is 2.35. The van der Waals surface area contributed by atoms with Crippen LogP contribution >= 0.6 is 0 Å². The quantitative estimate of drug-likeness (QED) is 0.353. The minimum absolute atomic E-state index is 0.133. The topological polar surface area (TPSA) is 9.23 Å². The molecule has 0 radical (unpaired) electrons. The SMILES string of the molecule is C/C=C/CCC(CC)(CC)O[Si](CC)(CC)CC. The maximum absolute atomic E-state index is 6.82. The molecule has 0 heterocycles. The Morgan fingerprint density at radius 2 is 1.44 bits per heavy atom. The third-order valence-electron chi connectivity index (χ3n) is 4.66. The fraction of sp³-hybridized carbons (Fsp3) is 0.875. The monoisotopic (exact) mass is 270 g/mol. The first-order valence-corrected chi connectivity index (χ1v) is 10.4. The summed E-state index contributed by atoms with van der Waals surface area (Å²) in [6.07, 6.45) is 9.06. The molecule has 0 atom stereocenters. The fourth-order valence-electron chi connectivity index (χ4n) is 2.74. The van der Waals surface area contributed by atoms with Gasteiger partial charge in [0, 0.05) is 0 Å². The van der Waals surface area contributed by atoms with E-state index in [4.69, 9.17) is 4.43 Å². The van der Waals surface area contributed by atoms with Gasteiger partial charge in [0.05, 0.1) is 5.60 Å². The molecule has 0 bridgehead atoms. The molecule has 0 spiro atoms. The maximum Gasteiger partial charge on any atom is 0.192 e. The summed E-state index contributed by atoms with van der Waals surface area (Å²) in [7, 11) is -1.48. The van der Waals surface area contributed by atoms with Crippen LogP contribution in [0, 0.1) is 0 Å². The van der Waals surface area contributed by atoms with E-state index in [1.807, 2.05) is 0 Å². The van der Waals surface area contributed by atoms with Crippen LogP contribution in [0.4, 0.5) is 0 Å². The lowest BCUT2D eigenvalue weighted by atomic mass is 9.92. The second kappa shape index (κ2) is 8.92. The van der Waals surface area contributed by atoms with Crippen LogP contribution in [0.1, 0.15) is 67.2 Å². The highest BCUT2D eigenvalue weighted by Gasteiger charge is 2.38. The van der Waals surface area contributed by atoms with Gasteiger partial charge in [-0.15, -0.1) is 0 Å². The summed E-state index contributed by atoms with van der Waals surface area (Å²) in [6.45, 7) is 13.6. The van der Waals surface area contributed by atoms with E-state index in [1.165, 1.54) is 24.6 Å². The van der Waals surface area contributed by atoms with E-state index in [1.54, 1.807) is 0 Å². The molecular weight excluding hydrogens is 236 g/mol. The van der Waals surface area contributed by atoms with E-state index < -0.39 is 8.32 Å². The van der Waals surface area contributed by atoms with Crippen molar-refractivity contribution in [3.8, 4) is 0 Å². The molecule has 0 aromatic carbocycles. The van der Waals surface area contributed by atoms with E-state index in [2.05, 4.69) is 53.7 Å². The molecule has 0 aliphatic carbocycles. The molecule has 0 aliphatic heterocycles. The molecule has 0 fully saturated rings. The summed E-state index contributed by atoms with van der Waals surface area (Å²) >= 11 is 0. The fourth-order valence-corrected chi connectivity index (χ4v) is 5.98. The van der Waals surface area contributed by atoms with Crippen molar-refractivity contribution in [2.75, 3.05) is 0 Å². The third kappa shape index (κ3) is 4.89. The van der Waals surface area contributed by atoms with Gasteiger partial charge in [0.1, 0.15) is 0 Å². The predicted molar refractivity (Wildman–Crippen MR) is 85.6 cm³/mol. The van der Waals surface area contributed by atoms with Crippen LogP contribution in [-0.2, 0) is 4.43 Å². The second-order valence-electron chi connectivity index (χ2n) is 5.34. The molecule has 0 rings (SSSR count). The van der Waals surface area contributed by atoms with Crippen LogP contribution in [0.5, 0.6) is 0 Å². The van der Waals surface area contributed by atoms with Crippen LogP contribution in [0.2, 0.25) is 18.1 Å². The molecule has 108 valence electrons. The van der Waals surface area contributed by atoms with Gasteiger partial charge in [0.25, 0.3) is 0 Å². The van der Waals surface area contributed by atoms with Crippen molar-refractivity contribution < 1.29 is 4.43 Å². The Balaban J connectivity index is 4.86. The van der Waals surface area contributed by atoms with Crippen LogP contribution in [0.15, 0.2) is 12.2 Å². The van der Waals surface area contributed by atoms with E-state index in [0.717, 1.165) is 19.3 Å². The Kier molecular flexibility index (Phi) is 8.88. The number of hydrogen-bond donors (Lipinski definition) is 0. The summed E-state index contributed by atoms with van der Waals surface area (Å²) in [5, 5.41) is 0. The summed E-state index contributed by atoms with van der Waals surface area (Å²) in [5.74, 6) is 0. The molecule has 1 nitrogen and oxygen atoms in total. The zero-order valence-electron chi connectivity index (χ0n) is 13.5. The van der Waals surface area contributed by atoms with Crippen LogP contribution in [0.25, 0.3) is 0 Å².